The number of nitrogens with zero attached hydrogens (tertiary/aromatic N) is 1. The second-order valence-electron chi connectivity index (χ2n) is 7.65. The fourth-order valence-corrected chi connectivity index (χ4v) is 3.36. The molecule has 36 heavy (non-hydrogen) atoms. The molecule has 0 saturated heterocycles. The standard InChI is InChI=1S/C23H15F7N4O2/c1-22(26,27)14-10-32-20-18(14)17(5-6-31-20)36-19-15(24)8-13(9-16(19)25)34-21(35)33-12-4-2-3-11(7-12)23(28,29)30/h2-10H,1H3,(H,31,32)(H2,33,34,35). The van der Waals surface area contributed by atoms with Gasteiger partial charge in [-0.25, -0.2) is 27.3 Å². The molecule has 0 bridgehead atoms. The summed E-state index contributed by atoms with van der Waals surface area (Å²) in [5.74, 6) is -7.10. The van der Waals surface area contributed by atoms with Crippen LogP contribution in [0, 0.1) is 11.6 Å². The molecule has 0 spiro atoms. The number of pyridine rings is 1. The summed E-state index contributed by atoms with van der Waals surface area (Å²) in [6.45, 7) is 0.637. The van der Waals surface area contributed by atoms with Crippen molar-refractivity contribution in [2.45, 2.75) is 19.0 Å². The molecule has 2 aromatic carbocycles. The summed E-state index contributed by atoms with van der Waals surface area (Å²) in [4.78, 5) is 18.6. The first-order valence-corrected chi connectivity index (χ1v) is 10.1. The van der Waals surface area contributed by atoms with E-state index < -0.39 is 46.6 Å². The number of aromatic amines is 1. The number of amides is 2. The third kappa shape index (κ3) is 5.19. The highest BCUT2D eigenvalue weighted by atomic mass is 19.4. The number of hydrogen-bond acceptors (Lipinski definition) is 3. The third-order valence-electron chi connectivity index (χ3n) is 4.92. The van der Waals surface area contributed by atoms with Gasteiger partial charge in [0.15, 0.2) is 17.4 Å². The minimum atomic E-state index is -4.63. The van der Waals surface area contributed by atoms with Gasteiger partial charge in [0.25, 0.3) is 5.92 Å². The molecule has 0 saturated carbocycles. The number of ether oxygens (including phenoxy) is 1. The maximum absolute atomic E-state index is 14.7. The fraction of sp³-hybridized carbons (Fsp3) is 0.130. The topological polar surface area (TPSA) is 79.0 Å². The Balaban J connectivity index is 1.55. The number of alkyl halides is 5. The fourth-order valence-electron chi connectivity index (χ4n) is 3.36. The number of hydrogen-bond donors (Lipinski definition) is 3. The van der Waals surface area contributed by atoms with Gasteiger partial charge < -0.3 is 20.4 Å². The zero-order valence-corrected chi connectivity index (χ0v) is 18.1. The lowest BCUT2D eigenvalue weighted by Gasteiger charge is -2.14. The first-order valence-electron chi connectivity index (χ1n) is 10.1. The molecule has 2 heterocycles. The van der Waals surface area contributed by atoms with Crippen molar-refractivity contribution in [3.63, 3.8) is 0 Å². The van der Waals surface area contributed by atoms with Crippen LogP contribution >= 0.6 is 0 Å². The van der Waals surface area contributed by atoms with Crippen LogP contribution in [0.4, 0.5) is 46.9 Å². The van der Waals surface area contributed by atoms with Gasteiger partial charge in [0, 0.05) is 42.8 Å². The lowest BCUT2D eigenvalue weighted by molar-refractivity contribution is -0.137. The number of carbonyl (C=O) groups excluding carboxylic acids is 1. The quantitative estimate of drug-likeness (QED) is 0.244. The van der Waals surface area contributed by atoms with E-state index in [0.29, 0.717) is 25.1 Å². The zero-order valence-electron chi connectivity index (χ0n) is 18.1. The van der Waals surface area contributed by atoms with E-state index in [2.05, 4.69) is 20.6 Å². The first kappa shape index (κ1) is 24.8. The summed E-state index contributed by atoms with van der Waals surface area (Å²) >= 11 is 0. The molecular formula is C23H15F7N4O2. The predicted molar refractivity (Wildman–Crippen MR) is 116 cm³/mol. The molecule has 4 aromatic rings. The highest BCUT2D eigenvalue weighted by molar-refractivity contribution is 5.99. The molecule has 0 fully saturated rings. The molecule has 0 aliphatic rings. The molecule has 2 aromatic heterocycles. The van der Waals surface area contributed by atoms with E-state index in [9.17, 15) is 35.5 Å². The minimum Gasteiger partial charge on any atom is -0.450 e. The second kappa shape index (κ2) is 9.06. The van der Waals surface area contributed by atoms with E-state index >= 15 is 0 Å². The summed E-state index contributed by atoms with van der Waals surface area (Å²) in [7, 11) is 0. The van der Waals surface area contributed by atoms with Crippen molar-refractivity contribution in [2.24, 2.45) is 0 Å². The SMILES string of the molecule is CC(F)(F)c1c[nH]c2nccc(Oc3c(F)cc(NC(=O)Nc4cccc(C(F)(F)F)c4)cc3F)c12. The van der Waals surface area contributed by atoms with Gasteiger partial charge in [-0.2, -0.15) is 13.2 Å². The van der Waals surface area contributed by atoms with E-state index in [1.165, 1.54) is 12.3 Å². The van der Waals surface area contributed by atoms with E-state index in [0.717, 1.165) is 24.4 Å². The molecule has 0 aliphatic carbocycles. The average Bonchev–Trinajstić information content (AvgIpc) is 3.21. The average molecular weight is 512 g/mol. The molecule has 3 N–H and O–H groups in total. The lowest BCUT2D eigenvalue weighted by atomic mass is 10.1. The minimum absolute atomic E-state index is 0.00870. The third-order valence-corrected chi connectivity index (χ3v) is 4.92. The maximum Gasteiger partial charge on any atom is 0.416 e. The van der Waals surface area contributed by atoms with Gasteiger partial charge in [0.05, 0.1) is 16.5 Å². The van der Waals surface area contributed by atoms with Crippen LogP contribution in [0.5, 0.6) is 11.5 Å². The number of aromatic nitrogens is 2. The summed E-state index contributed by atoms with van der Waals surface area (Å²) in [5.41, 5.74) is -2.08. The number of rotatable bonds is 5. The van der Waals surface area contributed by atoms with Crippen LogP contribution in [0.2, 0.25) is 0 Å². The smallest absolute Gasteiger partial charge is 0.416 e. The van der Waals surface area contributed by atoms with Crippen LogP contribution in [0.25, 0.3) is 11.0 Å². The molecule has 0 unspecified atom stereocenters. The van der Waals surface area contributed by atoms with Crippen LogP contribution < -0.4 is 15.4 Å². The van der Waals surface area contributed by atoms with Gasteiger partial charge in [-0.3, -0.25) is 0 Å². The van der Waals surface area contributed by atoms with E-state index in [-0.39, 0.29) is 28.2 Å². The second-order valence-corrected chi connectivity index (χ2v) is 7.65. The molecular weight excluding hydrogens is 497 g/mol. The molecule has 188 valence electrons. The van der Waals surface area contributed by atoms with Crippen molar-refractivity contribution in [1.82, 2.24) is 9.97 Å². The predicted octanol–water partition coefficient (Wildman–Crippen LogP) is 7.41. The molecule has 0 radical (unpaired) electrons. The number of benzene rings is 2. The Kier molecular flexibility index (Phi) is 6.24. The summed E-state index contributed by atoms with van der Waals surface area (Å²) < 4.78 is 101. The molecule has 6 nitrogen and oxygen atoms in total. The summed E-state index contributed by atoms with van der Waals surface area (Å²) in [6.07, 6.45) is -2.44. The van der Waals surface area contributed by atoms with Gasteiger partial charge in [-0.05, 0) is 24.3 Å². The highest BCUT2D eigenvalue weighted by Crippen LogP contribution is 2.40. The molecule has 13 heteroatoms. The normalized spacial score (nSPS) is 12.0. The van der Waals surface area contributed by atoms with Crippen LogP contribution in [-0.2, 0) is 12.1 Å². The van der Waals surface area contributed by atoms with Gasteiger partial charge in [0.1, 0.15) is 11.4 Å². The summed E-state index contributed by atoms with van der Waals surface area (Å²) in [5, 5.41) is 4.05. The molecule has 0 atom stereocenters. The Morgan fingerprint density at radius 3 is 2.28 bits per heavy atom. The van der Waals surface area contributed by atoms with Crippen molar-refractivity contribution >= 4 is 28.4 Å². The van der Waals surface area contributed by atoms with Gasteiger partial charge in [-0.1, -0.05) is 6.07 Å². The van der Waals surface area contributed by atoms with Crippen molar-refractivity contribution < 1.29 is 40.3 Å². The molecule has 4 rings (SSSR count). The van der Waals surface area contributed by atoms with Gasteiger partial charge >= 0.3 is 12.2 Å². The number of anilines is 2. The van der Waals surface area contributed by atoms with E-state index in [1.54, 1.807) is 0 Å². The van der Waals surface area contributed by atoms with Gasteiger partial charge in [0.2, 0.25) is 0 Å². The number of nitrogens with one attached hydrogen (secondary N) is 3. The number of H-pyrrole nitrogens is 1. The number of carbonyl (C=O) groups is 1. The summed E-state index contributed by atoms with van der Waals surface area (Å²) in [6, 6.07) is 5.22. The van der Waals surface area contributed by atoms with Crippen LogP contribution in [0.1, 0.15) is 18.1 Å². The van der Waals surface area contributed by atoms with Gasteiger partial charge in [-0.15, -0.1) is 0 Å². The maximum atomic E-state index is 14.7. The first-order chi connectivity index (χ1) is 16.8. The van der Waals surface area contributed by atoms with Crippen molar-refractivity contribution in [1.29, 1.82) is 0 Å². The van der Waals surface area contributed by atoms with Crippen molar-refractivity contribution in [3.8, 4) is 11.5 Å². The van der Waals surface area contributed by atoms with E-state index in [4.69, 9.17) is 4.74 Å². The van der Waals surface area contributed by atoms with Crippen molar-refractivity contribution in [3.05, 3.63) is 77.6 Å². The van der Waals surface area contributed by atoms with Crippen molar-refractivity contribution in [2.75, 3.05) is 10.6 Å². The molecule has 2 amide bonds. The van der Waals surface area contributed by atoms with Crippen LogP contribution in [-0.4, -0.2) is 16.0 Å². The Morgan fingerprint density at radius 2 is 1.64 bits per heavy atom. The largest absolute Gasteiger partial charge is 0.450 e. The van der Waals surface area contributed by atoms with E-state index in [1.807, 2.05) is 0 Å². The van der Waals surface area contributed by atoms with Crippen LogP contribution in [0.3, 0.4) is 0 Å². The monoisotopic (exact) mass is 512 g/mol. The Labute approximate surface area is 198 Å². The Hall–Kier alpha value is -4.29. The number of fused-ring (bicyclic) bond motifs is 1. The highest BCUT2D eigenvalue weighted by Gasteiger charge is 2.31. The van der Waals surface area contributed by atoms with Crippen LogP contribution in [0.15, 0.2) is 54.9 Å². The Bertz CT molecular complexity index is 1420. The Morgan fingerprint density at radius 1 is 0.972 bits per heavy atom. The zero-order chi connectivity index (χ0) is 26.3. The number of halogens is 7. The lowest BCUT2D eigenvalue weighted by Crippen LogP contribution is -2.20. The number of urea groups is 1. The molecule has 0 aliphatic heterocycles.